The van der Waals surface area contributed by atoms with E-state index in [-0.39, 0.29) is 5.91 Å². The van der Waals surface area contributed by atoms with E-state index >= 15 is 0 Å². The normalized spacial score (nSPS) is 14.7. The van der Waals surface area contributed by atoms with Crippen LogP contribution < -0.4 is 10.6 Å². The summed E-state index contributed by atoms with van der Waals surface area (Å²) in [6, 6.07) is 7.82. The number of rotatable bonds is 5. The maximum atomic E-state index is 12.2. The zero-order valence-electron chi connectivity index (χ0n) is 11.7. The summed E-state index contributed by atoms with van der Waals surface area (Å²) in [5.41, 5.74) is 2.04. The molecule has 110 valence electrons. The number of nitrogens with zero attached hydrogens (tertiary/aromatic N) is 3. The van der Waals surface area contributed by atoms with Crippen LogP contribution in [0.1, 0.15) is 22.1 Å². The average Bonchev–Trinajstić information content (AvgIpc) is 2.87. The molecule has 1 aliphatic heterocycles. The highest BCUT2D eigenvalue weighted by atomic mass is 16.5. The van der Waals surface area contributed by atoms with Gasteiger partial charge in [0.25, 0.3) is 5.91 Å². The number of anilines is 1. The molecule has 0 aliphatic carbocycles. The molecule has 7 nitrogen and oxygen atoms in total. The molecule has 1 fully saturated rings. The Labute approximate surface area is 122 Å². The first-order valence-corrected chi connectivity index (χ1v) is 6.78. The van der Waals surface area contributed by atoms with Gasteiger partial charge < -0.3 is 15.4 Å². The summed E-state index contributed by atoms with van der Waals surface area (Å²) in [6.07, 6.45) is 1.68. The lowest BCUT2D eigenvalue weighted by molar-refractivity contribution is 0.102. The van der Waals surface area contributed by atoms with E-state index in [0.29, 0.717) is 18.3 Å². The maximum Gasteiger partial charge on any atom is 0.277 e. The lowest BCUT2D eigenvalue weighted by Gasteiger charge is -2.26. The first-order chi connectivity index (χ1) is 10.3. The van der Waals surface area contributed by atoms with Gasteiger partial charge in [0.15, 0.2) is 5.69 Å². The fourth-order valence-electron chi connectivity index (χ4n) is 2.12. The van der Waals surface area contributed by atoms with Crippen LogP contribution in [0.5, 0.6) is 0 Å². The van der Waals surface area contributed by atoms with Crippen molar-refractivity contribution in [3.05, 3.63) is 41.7 Å². The van der Waals surface area contributed by atoms with Gasteiger partial charge in [0.1, 0.15) is 0 Å². The zero-order chi connectivity index (χ0) is 14.7. The number of carbonyl (C=O) groups excluding carboxylic acids is 1. The standard InChI is InChI=1S/C14H17N5O2/c1-21-9-10-3-2-4-11(5-10)16-14(20)13-8-19(18-17-13)12-6-15-7-12/h2-5,8,12,15H,6-7,9H2,1H3,(H,16,20). The lowest BCUT2D eigenvalue weighted by Crippen LogP contribution is -2.43. The van der Waals surface area contributed by atoms with Crippen molar-refractivity contribution in [2.75, 3.05) is 25.5 Å². The lowest BCUT2D eigenvalue weighted by atomic mass is 10.2. The summed E-state index contributed by atoms with van der Waals surface area (Å²) in [5, 5.41) is 13.9. The van der Waals surface area contributed by atoms with E-state index in [9.17, 15) is 4.79 Å². The van der Waals surface area contributed by atoms with E-state index in [4.69, 9.17) is 4.74 Å². The van der Waals surface area contributed by atoms with Crippen molar-refractivity contribution in [2.45, 2.75) is 12.6 Å². The Morgan fingerprint density at radius 2 is 2.38 bits per heavy atom. The predicted molar refractivity (Wildman–Crippen MR) is 77.0 cm³/mol. The number of hydrogen-bond donors (Lipinski definition) is 2. The van der Waals surface area contributed by atoms with Crippen molar-refractivity contribution in [3.8, 4) is 0 Å². The van der Waals surface area contributed by atoms with Crippen LogP contribution in [0.25, 0.3) is 0 Å². The minimum atomic E-state index is -0.261. The Morgan fingerprint density at radius 1 is 1.52 bits per heavy atom. The SMILES string of the molecule is COCc1cccc(NC(=O)c2cn(C3CNC3)nn2)c1. The van der Waals surface area contributed by atoms with E-state index < -0.39 is 0 Å². The molecule has 1 amide bonds. The molecule has 21 heavy (non-hydrogen) atoms. The van der Waals surface area contributed by atoms with Gasteiger partial charge in [0.2, 0.25) is 0 Å². The summed E-state index contributed by atoms with van der Waals surface area (Å²) in [5.74, 6) is -0.261. The van der Waals surface area contributed by atoms with Crippen LogP contribution in [0.2, 0.25) is 0 Å². The topological polar surface area (TPSA) is 81.1 Å². The van der Waals surface area contributed by atoms with Crippen LogP contribution in [0, 0.1) is 0 Å². The van der Waals surface area contributed by atoms with Gasteiger partial charge in [-0.3, -0.25) is 4.79 Å². The number of benzene rings is 1. The second-order valence-corrected chi connectivity index (χ2v) is 4.98. The largest absolute Gasteiger partial charge is 0.380 e. The molecule has 1 saturated heterocycles. The van der Waals surface area contributed by atoms with Gasteiger partial charge >= 0.3 is 0 Å². The molecule has 1 aromatic heterocycles. The number of methoxy groups -OCH3 is 1. The summed E-state index contributed by atoms with van der Waals surface area (Å²) in [4.78, 5) is 12.2. The third kappa shape index (κ3) is 3.09. The Kier molecular flexibility index (Phi) is 3.94. The highest BCUT2D eigenvalue weighted by Crippen LogP contribution is 2.14. The van der Waals surface area contributed by atoms with Gasteiger partial charge in [0, 0.05) is 25.9 Å². The monoisotopic (exact) mass is 287 g/mol. The van der Waals surface area contributed by atoms with Crippen molar-refractivity contribution in [1.29, 1.82) is 0 Å². The number of amides is 1. The third-order valence-corrected chi connectivity index (χ3v) is 3.37. The zero-order valence-corrected chi connectivity index (χ0v) is 11.7. The minimum Gasteiger partial charge on any atom is -0.380 e. The molecule has 1 aromatic carbocycles. The first kappa shape index (κ1) is 13.7. The fourth-order valence-corrected chi connectivity index (χ4v) is 2.12. The quantitative estimate of drug-likeness (QED) is 0.851. The number of aromatic nitrogens is 3. The van der Waals surface area contributed by atoms with Gasteiger partial charge in [-0.15, -0.1) is 5.10 Å². The second-order valence-electron chi connectivity index (χ2n) is 4.98. The van der Waals surface area contributed by atoms with Crippen LogP contribution >= 0.6 is 0 Å². The van der Waals surface area contributed by atoms with Crippen molar-refractivity contribution in [2.24, 2.45) is 0 Å². The Hall–Kier alpha value is -2.25. The highest BCUT2D eigenvalue weighted by molar-refractivity contribution is 6.02. The van der Waals surface area contributed by atoms with Crippen LogP contribution in [0.3, 0.4) is 0 Å². The second kappa shape index (κ2) is 6.02. The third-order valence-electron chi connectivity index (χ3n) is 3.37. The molecule has 0 saturated carbocycles. The van der Waals surface area contributed by atoms with Crippen molar-refractivity contribution in [3.63, 3.8) is 0 Å². The molecular formula is C14H17N5O2. The molecule has 7 heteroatoms. The molecule has 1 aliphatic rings. The van der Waals surface area contributed by atoms with Gasteiger partial charge in [-0.1, -0.05) is 17.3 Å². The molecule has 3 rings (SSSR count). The van der Waals surface area contributed by atoms with E-state index in [1.165, 1.54) is 0 Å². The minimum absolute atomic E-state index is 0.261. The Balaban J connectivity index is 1.67. The van der Waals surface area contributed by atoms with Gasteiger partial charge in [0.05, 0.1) is 18.8 Å². The maximum absolute atomic E-state index is 12.2. The fraction of sp³-hybridized carbons (Fsp3) is 0.357. The molecule has 0 radical (unpaired) electrons. The van der Waals surface area contributed by atoms with E-state index in [1.54, 1.807) is 18.0 Å². The molecule has 0 spiro atoms. The molecule has 0 atom stereocenters. The Morgan fingerprint density at radius 3 is 3.10 bits per heavy atom. The molecular weight excluding hydrogens is 270 g/mol. The number of nitrogens with one attached hydrogen (secondary N) is 2. The summed E-state index contributed by atoms with van der Waals surface area (Å²) >= 11 is 0. The Bertz CT molecular complexity index is 636. The van der Waals surface area contributed by atoms with Crippen molar-refractivity contribution >= 4 is 11.6 Å². The molecule has 2 N–H and O–H groups in total. The summed E-state index contributed by atoms with van der Waals surface area (Å²) in [6.45, 7) is 2.24. The van der Waals surface area contributed by atoms with Crippen LogP contribution in [-0.4, -0.2) is 41.1 Å². The molecule has 0 bridgehead atoms. The van der Waals surface area contributed by atoms with Crippen molar-refractivity contribution < 1.29 is 9.53 Å². The van der Waals surface area contributed by atoms with E-state index in [2.05, 4.69) is 20.9 Å². The van der Waals surface area contributed by atoms with Gasteiger partial charge in [-0.05, 0) is 17.7 Å². The predicted octanol–water partition coefficient (Wildman–Crippen LogP) is 0.821. The highest BCUT2D eigenvalue weighted by Gasteiger charge is 2.21. The van der Waals surface area contributed by atoms with Gasteiger partial charge in [-0.2, -0.15) is 0 Å². The number of hydrogen-bond acceptors (Lipinski definition) is 5. The van der Waals surface area contributed by atoms with Crippen LogP contribution in [0.15, 0.2) is 30.5 Å². The van der Waals surface area contributed by atoms with Crippen LogP contribution in [-0.2, 0) is 11.3 Å². The van der Waals surface area contributed by atoms with E-state index in [1.807, 2.05) is 24.3 Å². The first-order valence-electron chi connectivity index (χ1n) is 6.78. The van der Waals surface area contributed by atoms with E-state index in [0.717, 1.165) is 24.3 Å². The summed E-state index contributed by atoms with van der Waals surface area (Å²) in [7, 11) is 1.64. The van der Waals surface area contributed by atoms with Gasteiger partial charge in [-0.25, -0.2) is 4.68 Å². The number of ether oxygens (including phenoxy) is 1. The molecule has 2 heterocycles. The molecule has 0 unspecified atom stereocenters. The number of carbonyl (C=O) groups is 1. The molecule has 2 aromatic rings. The smallest absolute Gasteiger partial charge is 0.277 e. The summed E-state index contributed by atoms with van der Waals surface area (Å²) < 4.78 is 6.81. The van der Waals surface area contributed by atoms with Crippen molar-refractivity contribution in [1.82, 2.24) is 20.3 Å². The average molecular weight is 287 g/mol. The van der Waals surface area contributed by atoms with Crippen LogP contribution in [0.4, 0.5) is 5.69 Å².